The Morgan fingerprint density at radius 3 is 2.75 bits per heavy atom. The molecule has 1 aromatic carbocycles. The summed E-state index contributed by atoms with van der Waals surface area (Å²) in [6.45, 7) is 0.288. The van der Waals surface area contributed by atoms with Crippen LogP contribution in [0.25, 0.3) is 0 Å². The largest absolute Gasteiger partial charge is 0.477 e. The highest BCUT2D eigenvalue weighted by Gasteiger charge is 2.55. The lowest BCUT2D eigenvalue weighted by atomic mass is 10.0. The molecule has 3 heterocycles. The first-order valence-electron chi connectivity index (χ1n) is 9.62. The first-order valence-corrected chi connectivity index (χ1v) is 11.7. The molecule has 0 spiro atoms. The molecule has 1 fully saturated rings. The molecule has 0 unspecified atom stereocenters. The van der Waals surface area contributed by atoms with Crippen molar-refractivity contribution in [1.29, 1.82) is 0 Å². The topological polar surface area (TPSA) is 154 Å². The number of nitrogens with zero attached hydrogens (tertiary/aromatic N) is 5. The Morgan fingerprint density at radius 1 is 1.34 bits per heavy atom. The number of fused-ring (bicyclic) bond motifs is 1. The number of hydrogen-bond donors (Lipinski definition) is 2. The van der Waals surface area contributed by atoms with Gasteiger partial charge in [0.1, 0.15) is 11.1 Å². The quantitative estimate of drug-likeness (QED) is 0.304. The highest BCUT2D eigenvalue weighted by molar-refractivity contribution is 8.01. The molecule has 1 aromatic heterocycles. The molecule has 2 aliphatic heterocycles. The number of carbonyl (C=O) groups is 3. The Bertz CT molecular complexity index is 1100. The van der Waals surface area contributed by atoms with E-state index in [1.807, 2.05) is 12.1 Å². The van der Waals surface area contributed by atoms with Gasteiger partial charge in [-0.15, -0.1) is 16.9 Å². The lowest BCUT2D eigenvalue weighted by Gasteiger charge is -2.48. The lowest BCUT2D eigenvalue weighted by Crippen LogP contribution is -2.66. The summed E-state index contributed by atoms with van der Waals surface area (Å²) in [7, 11) is 1.68. The fraction of sp³-hybridized carbons (Fsp3) is 0.368. The zero-order chi connectivity index (χ0) is 22.8. The number of carboxylic acid groups (broad SMARTS) is 1. The smallest absolute Gasteiger partial charge is 0.352 e. The number of rotatable bonds is 8. The minimum atomic E-state index is -1.20. The van der Waals surface area contributed by atoms with Gasteiger partial charge in [0.05, 0.1) is 6.42 Å². The van der Waals surface area contributed by atoms with Gasteiger partial charge in [0.15, 0.2) is 0 Å². The van der Waals surface area contributed by atoms with Crippen molar-refractivity contribution >= 4 is 41.4 Å². The van der Waals surface area contributed by atoms with Crippen LogP contribution in [0.3, 0.4) is 0 Å². The summed E-state index contributed by atoms with van der Waals surface area (Å²) in [6, 6.07) is 7.25. The number of β-lactam (4-membered cyclic amide) rings is 1. The third-order valence-corrected chi connectivity index (χ3v) is 7.50. The number of hydrogen-bond acceptors (Lipinski definition) is 10. The summed E-state index contributed by atoms with van der Waals surface area (Å²) in [5.74, 6) is -1.58. The summed E-state index contributed by atoms with van der Waals surface area (Å²) in [4.78, 5) is 38.3. The lowest BCUT2D eigenvalue weighted by molar-refractivity contribution is -0.174. The summed E-state index contributed by atoms with van der Waals surface area (Å²) in [5.41, 5.74) is 7.79. The second-order valence-corrected chi connectivity index (χ2v) is 9.15. The summed E-state index contributed by atoms with van der Waals surface area (Å²) in [6.07, 6.45) is -1.02. The van der Waals surface area contributed by atoms with E-state index >= 15 is 0 Å². The third kappa shape index (κ3) is 4.23. The van der Waals surface area contributed by atoms with Crippen LogP contribution in [0.2, 0.25) is 0 Å². The van der Waals surface area contributed by atoms with Crippen molar-refractivity contribution in [1.82, 2.24) is 25.1 Å². The van der Waals surface area contributed by atoms with E-state index in [-0.39, 0.29) is 18.7 Å². The fourth-order valence-electron chi connectivity index (χ4n) is 3.50. The van der Waals surface area contributed by atoms with Gasteiger partial charge in [-0.2, -0.15) is 0 Å². The maximum absolute atomic E-state index is 12.7. The summed E-state index contributed by atoms with van der Waals surface area (Å²) >= 11 is 2.65. The molecule has 0 aliphatic carbocycles. The van der Waals surface area contributed by atoms with Crippen LogP contribution in [0, 0.1) is 0 Å². The Balaban J connectivity index is 1.44. The number of esters is 1. The number of tetrazole rings is 1. The van der Waals surface area contributed by atoms with Gasteiger partial charge in [-0.1, -0.05) is 36.0 Å². The van der Waals surface area contributed by atoms with Crippen LogP contribution in [0.4, 0.5) is 0 Å². The number of nitrogens with two attached hydrogens (primary N) is 1. The highest BCUT2D eigenvalue weighted by atomic mass is 32.2. The molecule has 0 saturated carbocycles. The van der Waals surface area contributed by atoms with Crippen LogP contribution < -0.4 is 5.73 Å². The Hall–Kier alpha value is -2.90. The first-order chi connectivity index (χ1) is 15.4. The van der Waals surface area contributed by atoms with Gasteiger partial charge in [0, 0.05) is 25.1 Å². The Morgan fingerprint density at radius 2 is 2.09 bits per heavy atom. The first kappa shape index (κ1) is 22.3. The van der Waals surface area contributed by atoms with E-state index in [0.29, 0.717) is 22.2 Å². The van der Waals surface area contributed by atoms with E-state index in [1.165, 1.54) is 33.1 Å². The van der Waals surface area contributed by atoms with Crippen molar-refractivity contribution in [2.24, 2.45) is 12.8 Å². The number of aliphatic carboxylic acids is 1. The number of benzene rings is 1. The minimum absolute atomic E-state index is 0.0101. The van der Waals surface area contributed by atoms with Crippen molar-refractivity contribution in [2.75, 3.05) is 11.5 Å². The number of carboxylic acids is 1. The average molecular weight is 477 g/mol. The number of amides is 1. The van der Waals surface area contributed by atoms with E-state index in [9.17, 15) is 19.5 Å². The van der Waals surface area contributed by atoms with Crippen LogP contribution in [0.1, 0.15) is 11.1 Å². The van der Waals surface area contributed by atoms with Crippen molar-refractivity contribution < 1.29 is 24.2 Å². The fourth-order valence-corrected chi connectivity index (χ4v) is 5.80. The Kier molecular flexibility index (Phi) is 6.48. The van der Waals surface area contributed by atoms with Gasteiger partial charge in [0.2, 0.25) is 11.3 Å². The molecular formula is C19H20N6O5S2. The third-order valence-electron chi connectivity index (χ3n) is 5.09. The number of ether oxygens (including phenoxy) is 1. The highest BCUT2D eigenvalue weighted by Crippen LogP contribution is 2.42. The van der Waals surface area contributed by atoms with Crippen LogP contribution in [0.15, 0.2) is 40.7 Å². The number of thioether (sulfide) groups is 2. The molecule has 0 bridgehead atoms. The second kappa shape index (κ2) is 9.30. The zero-order valence-corrected chi connectivity index (χ0v) is 18.6. The number of carbonyl (C=O) groups excluding carboxylic acids is 2. The van der Waals surface area contributed by atoms with Gasteiger partial charge in [-0.05, 0) is 27.1 Å². The van der Waals surface area contributed by atoms with Crippen molar-refractivity contribution in [3.05, 3.63) is 46.7 Å². The molecule has 2 aliphatic rings. The average Bonchev–Trinajstić information content (AvgIpc) is 3.20. The predicted octanol–water partition coefficient (Wildman–Crippen LogP) is 0.169. The van der Waals surface area contributed by atoms with Crippen molar-refractivity contribution in [2.45, 2.75) is 29.6 Å². The Labute approximate surface area is 191 Å². The molecule has 1 saturated heterocycles. The molecule has 11 nitrogen and oxygen atoms in total. The van der Waals surface area contributed by atoms with Crippen molar-refractivity contribution in [3.63, 3.8) is 0 Å². The molecule has 4 rings (SSSR count). The van der Waals surface area contributed by atoms with E-state index in [1.54, 1.807) is 19.2 Å². The second-order valence-electron chi connectivity index (χ2n) is 7.10. The van der Waals surface area contributed by atoms with Crippen LogP contribution >= 0.6 is 23.5 Å². The van der Waals surface area contributed by atoms with E-state index in [2.05, 4.69) is 15.5 Å². The SMILES string of the molecule is Cn1nnnc1SCC1=C(C(=O)O)N2C(=O)[C@@H](OC(=O)Cc3ccccc3CN)[C@H]2SC1. The summed E-state index contributed by atoms with van der Waals surface area (Å²) < 4.78 is 6.91. The van der Waals surface area contributed by atoms with Gasteiger partial charge >= 0.3 is 11.9 Å². The zero-order valence-electron chi connectivity index (χ0n) is 17.0. The van der Waals surface area contributed by atoms with Crippen LogP contribution in [-0.4, -0.2) is 71.0 Å². The molecule has 13 heteroatoms. The van der Waals surface area contributed by atoms with Crippen LogP contribution in [0.5, 0.6) is 0 Å². The minimum Gasteiger partial charge on any atom is -0.477 e. The van der Waals surface area contributed by atoms with Gasteiger partial charge in [-0.25, -0.2) is 9.48 Å². The van der Waals surface area contributed by atoms with Crippen LogP contribution in [-0.2, 0) is 39.1 Å². The number of aromatic nitrogens is 4. The molecular weight excluding hydrogens is 456 g/mol. The van der Waals surface area contributed by atoms with Gasteiger partial charge in [0.25, 0.3) is 5.91 Å². The molecule has 32 heavy (non-hydrogen) atoms. The van der Waals surface area contributed by atoms with Gasteiger partial charge < -0.3 is 15.6 Å². The summed E-state index contributed by atoms with van der Waals surface area (Å²) in [5, 5.41) is 20.9. The molecule has 0 radical (unpaired) electrons. The van der Waals surface area contributed by atoms with Gasteiger partial charge in [-0.3, -0.25) is 14.5 Å². The molecule has 168 valence electrons. The normalized spacial score (nSPS) is 20.1. The monoisotopic (exact) mass is 476 g/mol. The molecule has 2 aromatic rings. The maximum Gasteiger partial charge on any atom is 0.352 e. The van der Waals surface area contributed by atoms with E-state index < -0.39 is 29.3 Å². The predicted molar refractivity (Wildman–Crippen MR) is 115 cm³/mol. The standard InChI is InChI=1S/C19H20N6O5S2/c1-24-19(21-22-23-24)32-9-12-8-31-17-15(16(27)25(17)14(12)18(28)29)30-13(26)6-10-4-2-3-5-11(10)7-20/h2-5,15,17H,6-9,20H2,1H3,(H,28,29)/t15-,17-/m1/s1. The number of aryl methyl sites for hydroxylation is 1. The molecule has 1 amide bonds. The molecule has 2 atom stereocenters. The van der Waals surface area contributed by atoms with E-state index in [0.717, 1.165) is 11.1 Å². The molecule has 3 N–H and O–H groups in total. The van der Waals surface area contributed by atoms with E-state index in [4.69, 9.17) is 10.5 Å². The van der Waals surface area contributed by atoms with Crippen molar-refractivity contribution in [3.8, 4) is 0 Å². The maximum atomic E-state index is 12.7.